The van der Waals surface area contributed by atoms with Crippen molar-refractivity contribution in [3.63, 3.8) is 0 Å². The molecule has 1 aromatic rings. The van der Waals surface area contributed by atoms with Crippen LogP contribution in [-0.4, -0.2) is 33.3 Å². The van der Waals surface area contributed by atoms with Crippen LogP contribution < -0.4 is 4.72 Å². The molecule has 24 heavy (non-hydrogen) atoms. The Balaban J connectivity index is 1.73. The summed E-state index contributed by atoms with van der Waals surface area (Å²) in [5, 5.41) is 0. The summed E-state index contributed by atoms with van der Waals surface area (Å²) in [6.45, 7) is 10.5. The van der Waals surface area contributed by atoms with Crippen molar-refractivity contribution in [2.45, 2.75) is 69.9 Å². The van der Waals surface area contributed by atoms with Crippen molar-refractivity contribution in [2.24, 2.45) is 0 Å². The zero-order valence-electron chi connectivity index (χ0n) is 15.3. The van der Waals surface area contributed by atoms with E-state index in [1.807, 2.05) is 34.6 Å². The molecule has 0 spiro atoms. The van der Waals surface area contributed by atoms with Gasteiger partial charge in [0, 0.05) is 6.54 Å². The maximum atomic E-state index is 12.2. The topological polar surface area (TPSA) is 64.6 Å². The normalized spacial score (nSPS) is 19.6. The molecule has 2 rings (SSSR count). The SMILES string of the molecule is Cc1ccc(S(=O)(=O)NCCCCB2OC(C)(C)C(C)(C)O2)cc1. The van der Waals surface area contributed by atoms with E-state index in [9.17, 15) is 8.42 Å². The Labute approximate surface area is 146 Å². The number of benzene rings is 1. The molecule has 0 saturated carbocycles. The Hall–Kier alpha value is -0.885. The van der Waals surface area contributed by atoms with Gasteiger partial charge in [0.15, 0.2) is 0 Å². The number of hydrogen-bond acceptors (Lipinski definition) is 4. The van der Waals surface area contributed by atoms with Crippen molar-refractivity contribution < 1.29 is 17.7 Å². The highest BCUT2D eigenvalue weighted by Crippen LogP contribution is 2.38. The smallest absolute Gasteiger partial charge is 0.403 e. The number of unbranched alkanes of at least 4 members (excludes halogenated alkanes) is 1. The van der Waals surface area contributed by atoms with Crippen LogP contribution in [0, 0.1) is 6.92 Å². The first-order valence-corrected chi connectivity index (χ1v) is 9.94. The molecule has 0 amide bonds. The van der Waals surface area contributed by atoms with Gasteiger partial charge in [-0.1, -0.05) is 24.1 Å². The summed E-state index contributed by atoms with van der Waals surface area (Å²) in [6.07, 6.45) is 2.35. The summed E-state index contributed by atoms with van der Waals surface area (Å²) in [7, 11) is -3.64. The molecule has 1 aromatic carbocycles. The molecule has 1 aliphatic heterocycles. The number of rotatable bonds is 7. The average molecular weight is 353 g/mol. The number of hydrogen-bond donors (Lipinski definition) is 1. The molecule has 0 aromatic heterocycles. The van der Waals surface area contributed by atoms with Crippen LogP contribution in [0.15, 0.2) is 29.2 Å². The summed E-state index contributed by atoms with van der Waals surface area (Å²) in [5.74, 6) is 0. The fourth-order valence-electron chi connectivity index (χ4n) is 2.53. The molecule has 0 radical (unpaired) electrons. The zero-order valence-corrected chi connectivity index (χ0v) is 16.1. The maximum Gasteiger partial charge on any atom is 0.457 e. The van der Waals surface area contributed by atoms with Crippen molar-refractivity contribution in [2.75, 3.05) is 6.54 Å². The van der Waals surface area contributed by atoms with Crippen LogP contribution in [0.25, 0.3) is 0 Å². The first-order chi connectivity index (χ1) is 11.0. The Bertz CT molecular complexity index is 640. The fraction of sp³-hybridized carbons (Fsp3) is 0.647. The van der Waals surface area contributed by atoms with Gasteiger partial charge < -0.3 is 9.31 Å². The van der Waals surface area contributed by atoms with Crippen LogP contribution >= 0.6 is 0 Å². The van der Waals surface area contributed by atoms with E-state index >= 15 is 0 Å². The van der Waals surface area contributed by atoms with Crippen LogP contribution in [-0.2, 0) is 19.3 Å². The highest BCUT2D eigenvalue weighted by atomic mass is 32.2. The van der Waals surface area contributed by atoms with Gasteiger partial charge in [0.25, 0.3) is 0 Å². The molecule has 0 atom stereocenters. The standard InChI is InChI=1S/C17H28BNO4S/c1-14-8-10-15(11-9-14)24(20,21)19-13-7-6-12-18-22-16(2,3)17(4,5)23-18/h8-11,19H,6-7,12-13H2,1-5H3. The lowest BCUT2D eigenvalue weighted by Gasteiger charge is -2.32. The van der Waals surface area contributed by atoms with E-state index in [0.717, 1.165) is 24.7 Å². The summed E-state index contributed by atoms with van der Waals surface area (Å²) in [6, 6.07) is 6.85. The van der Waals surface area contributed by atoms with Crippen LogP contribution in [0.4, 0.5) is 0 Å². The zero-order chi connectivity index (χ0) is 18.0. The van der Waals surface area contributed by atoms with Gasteiger partial charge in [-0.25, -0.2) is 13.1 Å². The molecular formula is C17H28BNO4S. The molecule has 5 nitrogen and oxygen atoms in total. The van der Waals surface area contributed by atoms with Crippen molar-refractivity contribution >= 4 is 17.1 Å². The predicted octanol–water partition coefficient (Wildman–Crippen LogP) is 3.15. The third-order valence-corrected chi connectivity index (χ3v) is 6.27. The van der Waals surface area contributed by atoms with Gasteiger partial charge >= 0.3 is 7.12 Å². The third kappa shape index (κ3) is 4.60. The molecule has 7 heteroatoms. The van der Waals surface area contributed by atoms with Gasteiger partial charge in [0.1, 0.15) is 0 Å². The largest absolute Gasteiger partial charge is 0.457 e. The first-order valence-electron chi connectivity index (χ1n) is 8.45. The Morgan fingerprint density at radius 2 is 1.54 bits per heavy atom. The Morgan fingerprint density at radius 1 is 1.00 bits per heavy atom. The fourth-order valence-corrected chi connectivity index (χ4v) is 3.60. The molecule has 0 aliphatic carbocycles. The lowest BCUT2D eigenvalue weighted by atomic mass is 9.82. The van der Waals surface area contributed by atoms with Gasteiger partial charge in [0.2, 0.25) is 10.0 Å². The van der Waals surface area contributed by atoms with E-state index < -0.39 is 10.0 Å². The van der Waals surface area contributed by atoms with Gasteiger partial charge in [-0.2, -0.15) is 0 Å². The quantitative estimate of drug-likeness (QED) is 0.604. The van der Waals surface area contributed by atoms with E-state index in [-0.39, 0.29) is 18.3 Å². The van der Waals surface area contributed by atoms with Crippen LogP contribution in [0.2, 0.25) is 6.32 Å². The molecule has 1 N–H and O–H groups in total. The van der Waals surface area contributed by atoms with E-state index in [4.69, 9.17) is 9.31 Å². The number of nitrogens with one attached hydrogen (secondary N) is 1. The summed E-state index contributed by atoms with van der Waals surface area (Å²) in [5.41, 5.74) is 0.409. The van der Waals surface area contributed by atoms with Gasteiger partial charge in [0.05, 0.1) is 16.1 Å². The molecular weight excluding hydrogens is 325 g/mol. The molecule has 1 heterocycles. The third-order valence-electron chi connectivity index (χ3n) is 4.79. The van der Waals surface area contributed by atoms with E-state index in [2.05, 4.69) is 4.72 Å². The van der Waals surface area contributed by atoms with E-state index in [1.165, 1.54) is 0 Å². The Kier molecular flexibility index (Phi) is 5.80. The minimum atomic E-state index is -3.43. The van der Waals surface area contributed by atoms with Gasteiger partial charge in [-0.3, -0.25) is 0 Å². The minimum Gasteiger partial charge on any atom is -0.403 e. The lowest BCUT2D eigenvalue weighted by molar-refractivity contribution is 0.00578. The molecule has 1 saturated heterocycles. The molecule has 1 aliphatic rings. The summed E-state index contributed by atoms with van der Waals surface area (Å²) in [4.78, 5) is 0.305. The molecule has 0 bridgehead atoms. The summed E-state index contributed by atoms with van der Waals surface area (Å²) >= 11 is 0. The maximum absolute atomic E-state index is 12.2. The van der Waals surface area contributed by atoms with Crippen LogP contribution in [0.1, 0.15) is 46.1 Å². The van der Waals surface area contributed by atoms with Crippen molar-refractivity contribution in [3.8, 4) is 0 Å². The first kappa shape index (κ1) is 19.4. The van der Waals surface area contributed by atoms with Crippen molar-refractivity contribution in [1.29, 1.82) is 0 Å². The van der Waals surface area contributed by atoms with Gasteiger partial charge in [-0.15, -0.1) is 0 Å². The minimum absolute atomic E-state index is 0.219. The monoisotopic (exact) mass is 353 g/mol. The second-order valence-electron chi connectivity index (χ2n) is 7.39. The highest BCUT2D eigenvalue weighted by molar-refractivity contribution is 7.89. The average Bonchev–Trinajstić information content (AvgIpc) is 2.66. The predicted molar refractivity (Wildman–Crippen MR) is 96.5 cm³/mol. The van der Waals surface area contributed by atoms with Crippen LogP contribution in [0.3, 0.4) is 0 Å². The molecule has 0 unspecified atom stereocenters. The lowest BCUT2D eigenvalue weighted by Crippen LogP contribution is -2.41. The molecule has 134 valence electrons. The number of sulfonamides is 1. The van der Waals surface area contributed by atoms with Crippen LogP contribution in [0.5, 0.6) is 0 Å². The molecule has 1 fully saturated rings. The second-order valence-corrected chi connectivity index (χ2v) is 9.16. The summed E-state index contributed by atoms with van der Waals surface area (Å²) < 4.78 is 38.9. The Morgan fingerprint density at radius 3 is 2.08 bits per heavy atom. The van der Waals surface area contributed by atoms with E-state index in [1.54, 1.807) is 24.3 Å². The van der Waals surface area contributed by atoms with Crippen molar-refractivity contribution in [3.05, 3.63) is 29.8 Å². The second kappa shape index (κ2) is 7.16. The van der Waals surface area contributed by atoms with Gasteiger partial charge in [-0.05, 0) is 59.5 Å². The number of aryl methyl sites for hydroxylation is 1. The van der Waals surface area contributed by atoms with Crippen molar-refractivity contribution in [1.82, 2.24) is 4.72 Å². The highest BCUT2D eigenvalue weighted by Gasteiger charge is 2.50. The van der Waals surface area contributed by atoms with E-state index in [0.29, 0.717) is 11.4 Å².